The molecule has 0 rings (SSSR count). The molecule has 0 aromatic heterocycles. The summed E-state index contributed by atoms with van der Waals surface area (Å²) in [6.07, 6.45) is 1.11. The molecule has 0 aliphatic carbocycles. The zero-order valence-corrected chi connectivity index (χ0v) is 7.91. The minimum absolute atomic E-state index is 1.11. The molecule has 0 amide bonds. The topological polar surface area (TPSA) is 0 Å². The molecule has 0 radical (unpaired) electrons. The monoisotopic (exact) mass is 130 g/mol. The highest BCUT2D eigenvalue weighted by molar-refractivity contribution is 4.84. The quantitative estimate of drug-likeness (QED) is 0.470. The van der Waals surface area contributed by atoms with E-state index in [9.17, 15) is 0 Å². The fourth-order valence-electron chi connectivity index (χ4n) is 0. The highest BCUT2D eigenvalue weighted by atomic mass is 13.7. The first-order chi connectivity index (χ1) is 4.27. The van der Waals surface area contributed by atoms with Crippen LogP contribution in [0.5, 0.6) is 0 Å². The molecule has 0 atom stereocenters. The van der Waals surface area contributed by atoms with Crippen LogP contribution in [0, 0.1) is 0 Å². The van der Waals surface area contributed by atoms with Crippen molar-refractivity contribution in [3.8, 4) is 0 Å². The van der Waals surface area contributed by atoms with Crippen LogP contribution in [0.15, 0.2) is 12.2 Å². The lowest BCUT2D eigenvalue weighted by Crippen LogP contribution is -1.58. The van der Waals surface area contributed by atoms with Gasteiger partial charge in [0.05, 0.1) is 0 Å². The van der Waals surface area contributed by atoms with Gasteiger partial charge in [-0.05, 0) is 13.3 Å². The van der Waals surface area contributed by atoms with Crippen LogP contribution >= 0.6 is 0 Å². The molecule has 0 bridgehead atoms. The van der Waals surface area contributed by atoms with E-state index in [1.54, 1.807) is 0 Å². The van der Waals surface area contributed by atoms with Gasteiger partial charge < -0.3 is 0 Å². The Morgan fingerprint density at radius 2 is 1.22 bits per heavy atom. The van der Waals surface area contributed by atoms with Crippen molar-refractivity contribution in [1.82, 2.24) is 0 Å². The first kappa shape index (κ1) is 15.9. The second-order valence-electron chi connectivity index (χ2n) is 1.31. The van der Waals surface area contributed by atoms with Gasteiger partial charge >= 0.3 is 0 Å². The van der Waals surface area contributed by atoms with E-state index in [-0.39, 0.29) is 0 Å². The van der Waals surface area contributed by atoms with E-state index < -0.39 is 0 Å². The van der Waals surface area contributed by atoms with Gasteiger partial charge in [0.1, 0.15) is 0 Å². The van der Waals surface area contributed by atoms with Gasteiger partial charge in [-0.2, -0.15) is 0 Å². The summed E-state index contributed by atoms with van der Waals surface area (Å²) in [4.78, 5) is 0. The number of allylic oxidation sites excluding steroid dienone is 1. The van der Waals surface area contributed by atoms with Gasteiger partial charge in [0.2, 0.25) is 0 Å². The molecule has 0 heteroatoms. The Bertz CT molecular complexity index is 35.3. The third-order valence-corrected chi connectivity index (χ3v) is 0.604. The average Bonchev–Trinajstić information content (AvgIpc) is 1.97. The van der Waals surface area contributed by atoms with Crippen LogP contribution in [-0.4, -0.2) is 0 Å². The van der Waals surface area contributed by atoms with Crippen molar-refractivity contribution < 1.29 is 0 Å². The Hall–Kier alpha value is -0.260. The lowest BCUT2D eigenvalue weighted by molar-refractivity contribution is 1.11. The lowest BCUT2D eigenvalue weighted by atomic mass is 10.3. The lowest BCUT2D eigenvalue weighted by Gasteiger charge is -1.79. The van der Waals surface area contributed by atoms with E-state index >= 15 is 0 Å². The third-order valence-electron chi connectivity index (χ3n) is 0.604. The second kappa shape index (κ2) is 25.1. The highest BCUT2D eigenvalue weighted by Gasteiger charge is 1.67. The summed E-state index contributed by atoms with van der Waals surface area (Å²) >= 11 is 0. The molecular formula is C9H22. The zero-order chi connectivity index (χ0) is 8.28. The molecule has 0 aromatic carbocycles. The Balaban J connectivity index is -0.0000000771. The molecule has 0 aliphatic rings. The van der Waals surface area contributed by atoms with E-state index in [0.29, 0.717) is 0 Å². The van der Waals surface area contributed by atoms with E-state index in [1.807, 2.05) is 34.6 Å². The summed E-state index contributed by atoms with van der Waals surface area (Å²) in [6, 6.07) is 0. The minimum atomic E-state index is 1.11. The summed E-state index contributed by atoms with van der Waals surface area (Å²) in [6.45, 7) is 15.8. The van der Waals surface area contributed by atoms with Gasteiger partial charge in [-0.3, -0.25) is 0 Å². The van der Waals surface area contributed by atoms with Crippen LogP contribution < -0.4 is 0 Å². The molecule has 0 heterocycles. The maximum Gasteiger partial charge on any atom is -0.0354 e. The van der Waals surface area contributed by atoms with Crippen molar-refractivity contribution in [1.29, 1.82) is 0 Å². The molecule has 0 spiro atoms. The standard InChI is InChI=1S/C5H10.2C2H6/c1-4-5(2)3;2*1-2/h2,4H2,1,3H3;2*1-2H3. The summed E-state index contributed by atoms with van der Waals surface area (Å²) in [5.74, 6) is 0. The molecule has 0 aliphatic heterocycles. The number of rotatable bonds is 1. The van der Waals surface area contributed by atoms with Crippen LogP contribution in [0.1, 0.15) is 48.0 Å². The van der Waals surface area contributed by atoms with Crippen LogP contribution in [0.25, 0.3) is 0 Å². The van der Waals surface area contributed by atoms with Gasteiger partial charge in [-0.25, -0.2) is 0 Å². The molecule has 0 saturated heterocycles. The Morgan fingerprint density at radius 1 is 1.11 bits per heavy atom. The Morgan fingerprint density at radius 3 is 1.22 bits per heavy atom. The summed E-state index contributed by atoms with van der Waals surface area (Å²) < 4.78 is 0. The van der Waals surface area contributed by atoms with E-state index in [1.165, 1.54) is 5.57 Å². The first-order valence-electron chi connectivity index (χ1n) is 3.91. The average molecular weight is 130 g/mol. The van der Waals surface area contributed by atoms with Crippen LogP contribution in [0.4, 0.5) is 0 Å². The summed E-state index contributed by atoms with van der Waals surface area (Å²) in [5.41, 5.74) is 1.25. The maximum atomic E-state index is 3.67. The SMILES string of the molecule is C=C(C)CC.CC.CC. The van der Waals surface area contributed by atoms with E-state index in [0.717, 1.165) is 6.42 Å². The van der Waals surface area contributed by atoms with Crippen LogP contribution in [-0.2, 0) is 0 Å². The molecule has 0 aromatic rings. The van der Waals surface area contributed by atoms with Crippen LogP contribution in [0.2, 0.25) is 0 Å². The molecule has 58 valence electrons. The molecule has 0 fully saturated rings. The Labute approximate surface area is 61.0 Å². The van der Waals surface area contributed by atoms with Crippen molar-refractivity contribution >= 4 is 0 Å². The molecular weight excluding hydrogens is 108 g/mol. The van der Waals surface area contributed by atoms with Gasteiger partial charge in [0, 0.05) is 0 Å². The van der Waals surface area contributed by atoms with Gasteiger partial charge in [0.15, 0.2) is 0 Å². The number of hydrogen-bond acceptors (Lipinski definition) is 0. The molecule has 0 saturated carbocycles. The summed E-state index contributed by atoms with van der Waals surface area (Å²) in [5, 5.41) is 0. The summed E-state index contributed by atoms with van der Waals surface area (Å²) in [7, 11) is 0. The zero-order valence-electron chi connectivity index (χ0n) is 7.91. The van der Waals surface area contributed by atoms with Crippen molar-refractivity contribution in [3.63, 3.8) is 0 Å². The smallest absolute Gasteiger partial charge is 0.0354 e. The molecule has 0 unspecified atom stereocenters. The molecule has 9 heavy (non-hydrogen) atoms. The van der Waals surface area contributed by atoms with Gasteiger partial charge in [-0.1, -0.05) is 40.2 Å². The van der Waals surface area contributed by atoms with Crippen molar-refractivity contribution in [2.45, 2.75) is 48.0 Å². The van der Waals surface area contributed by atoms with Crippen LogP contribution in [0.3, 0.4) is 0 Å². The normalized spacial score (nSPS) is 5.56. The van der Waals surface area contributed by atoms with E-state index in [4.69, 9.17) is 0 Å². The largest absolute Gasteiger partial charge is 0.100 e. The van der Waals surface area contributed by atoms with Gasteiger partial charge in [0.25, 0.3) is 0 Å². The number of hydrogen-bond donors (Lipinski definition) is 0. The molecule has 0 N–H and O–H groups in total. The Kier molecular flexibility index (Phi) is 44.4. The third kappa shape index (κ3) is 84.2. The minimum Gasteiger partial charge on any atom is -0.100 e. The fraction of sp³-hybridized carbons (Fsp3) is 0.778. The van der Waals surface area contributed by atoms with E-state index in [2.05, 4.69) is 13.5 Å². The van der Waals surface area contributed by atoms with Gasteiger partial charge in [-0.15, -0.1) is 6.58 Å². The predicted octanol–water partition coefficient (Wildman–Crippen LogP) is 4.02. The van der Waals surface area contributed by atoms with Crippen molar-refractivity contribution in [3.05, 3.63) is 12.2 Å². The second-order valence-corrected chi connectivity index (χ2v) is 1.31. The van der Waals surface area contributed by atoms with Crippen molar-refractivity contribution in [2.75, 3.05) is 0 Å². The maximum absolute atomic E-state index is 3.67. The predicted molar refractivity (Wildman–Crippen MR) is 47.8 cm³/mol. The highest BCUT2D eigenvalue weighted by Crippen LogP contribution is 1.88. The van der Waals surface area contributed by atoms with Crippen molar-refractivity contribution in [2.24, 2.45) is 0 Å². The first-order valence-corrected chi connectivity index (χ1v) is 3.91. The fourth-order valence-corrected chi connectivity index (χ4v) is 0. The molecule has 0 nitrogen and oxygen atoms in total.